The number of fused-ring (bicyclic) bond motifs is 1. The van der Waals surface area contributed by atoms with Crippen molar-refractivity contribution in [2.24, 2.45) is 5.92 Å². The van der Waals surface area contributed by atoms with Crippen molar-refractivity contribution in [3.8, 4) is 0 Å². The fourth-order valence-electron chi connectivity index (χ4n) is 3.85. The average Bonchev–Trinajstić information content (AvgIpc) is 3.11. The first-order chi connectivity index (χ1) is 15.8. The first-order valence-electron chi connectivity index (χ1n) is 10.6. The monoisotopic (exact) mass is 453 g/mol. The summed E-state index contributed by atoms with van der Waals surface area (Å²) < 4.78 is 2.34. The Labute approximate surface area is 190 Å². The van der Waals surface area contributed by atoms with Crippen LogP contribution in [0.2, 0.25) is 0 Å². The molecule has 1 aliphatic heterocycles. The number of piperidine rings is 1. The molecule has 10 heteroatoms. The minimum atomic E-state index is -1.82. The van der Waals surface area contributed by atoms with E-state index in [1.165, 1.54) is 5.52 Å². The molecule has 1 saturated heterocycles. The number of likely N-dealkylation sites (tertiary alicyclic amines) is 1. The Kier molecular flexibility index (Phi) is 8.09. The first-order valence-corrected chi connectivity index (χ1v) is 10.6. The largest absolute Gasteiger partial charge is 0.473 e. The second kappa shape index (κ2) is 11.2. The summed E-state index contributed by atoms with van der Waals surface area (Å²) in [6, 6.07) is 12.0. The van der Waals surface area contributed by atoms with Crippen LogP contribution >= 0.6 is 0 Å². The van der Waals surface area contributed by atoms with Crippen molar-refractivity contribution in [1.82, 2.24) is 19.4 Å². The first kappa shape index (κ1) is 23.9. The maximum atomic E-state index is 12.2. The smallest absolute Gasteiger partial charge is 0.414 e. The molecule has 4 rings (SSSR count). The predicted molar refractivity (Wildman–Crippen MR) is 122 cm³/mol. The zero-order chi connectivity index (χ0) is 23.8. The zero-order valence-electron chi connectivity index (χ0n) is 18.3. The number of para-hydroxylation sites is 2. The lowest BCUT2D eigenvalue weighted by atomic mass is 9.96. The molecule has 1 aromatic carbocycles. The third-order valence-electron chi connectivity index (χ3n) is 5.49. The summed E-state index contributed by atoms with van der Waals surface area (Å²) in [5.41, 5.74) is 3.03. The van der Waals surface area contributed by atoms with Gasteiger partial charge < -0.3 is 20.1 Å². The number of aliphatic carboxylic acids is 2. The van der Waals surface area contributed by atoms with Gasteiger partial charge in [0, 0.05) is 12.7 Å². The quantitative estimate of drug-likeness (QED) is 0.500. The predicted octanol–water partition coefficient (Wildman–Crippen LogP) is 2.25. The van der Waals surface area contributed by atoms with Crippen molar-refractivity contribution in [1.29, 1.82) is 0 Å². The van der Waals surface area contributed by atoms with Gasteiger partial charge in [0.2, 0.25) is 5.91 Å². The van der Waals surface area contributed by atoms with E-state index in [9.17, 15) is 4.79 Å². The van der Waals surface area contributed by atoms with E-state index in [-0.39, 0.29) is 5.91 Å². The zero-order valence-corrected chi connectivity index (χ0v) is 18.3. The van der Waals surface area contributed by atoms with Crippen molar-refractivity contribution >= 4 is 34.6 Å². The van der Waals surface area contributed by atoms with E-state index in [4.69, 9.17) is 19.8 Å². The molecule has 174 valence electrons. The van der Waals surface area contributed by atoms with Crippen LogP contribution in [-0.4, -0.2) is 67.1 Å². The van der Waals surface area contributed by atoms with Gasteiger partial charge in [0.05, 0.1) is 29.5 Å². The van der Waals surface area contributed by atoms with Gasteiger partial charge >= 0.3 is 11.9 Å². The van der Waals surface area contributed by atoms with E-state index in [2.05, 4.69) is 49.9 Å². The van der Waals surface area contributed by atoms with Gasteiger partial charge in [0.15, 0.2) is 0 Å². The van der Waals surface area contributed by atoms with Crippen LogP contribution in [0.4, 0.5) is 5.69 Å². The number of benzene rings is 1. The minimum Gasteiger partial charge on any atom is -0.473 e. The number of carbonyl (C=O) groups is 3. The highest BCUT2D eigenvalue weighted by atomic mass is 16.4. The summed E-state index contributed by atoms with van der Waals surface area (Å²) in [4.78, 5) is 41.3. The highest BCUT2D eigenvalue weighted by Crippen LogP contribution is 2.23. The molecule has 0 aliphatic carbocycles. The van der Waals surface area contributed by atoms with E-state index >= 15 is 0 Å². The Balaban J connectivity index is 0.000000454. The number of carbonyl (C=O) groups excluding carboxylic acids is 1. The van der Waals surface area contributed by atoms with Crippen molar-refractivity contribution in [3.05, 3.63) is 54.6 Å². The number of hydrogen-bond donors (Lipinski definition) is 3. The summed E-state index contributed by atoms with van der Waals surface area (Å²) in [6.07, 6.45) is 5.58. The van der Waals surface area contributed by atoms with Gasteiger partial charge in [0.25, 0.3) is 0 Å². The lowest BCUT2D eigenvalue weighted by Crippen LogP contribution is -2.40. The molecule has 3 heterocycles. The van der Waals surface area contributed by atoms with E-state index in [1.807, 2.05) is 18.2 Å². The van der Waals surface area contributed by atoms with Crippen LogP contribution in [0.5, 0.6) is 0 Å². The number of pyridine rings is 1. The summed E-state index contributed by atoms with van der Waals surface area (Å²) in [5, 5.41) is 17.7. The number of aryl methyl sites for hydroxylation is 1. The van der Waals surface area contributed by atoms with Crippen molar-refractivity contribution in [3.63, 3.8) is 0 Å². The molecule has 0 atom stereocenters. The van der Waals surface area contributed by atoms with Gasteiger partial charge in [-0.25, -0.2) is 14.6 Å². The van der Waals surface area contributed by atoms with Crippen LogP contribution < -0.4 is 5.32 Å². The Morgan fingerprint density at radius 3 is 2.39 bits per heavy atom. The van der Waals surface area contributed by atoms with Crippen molar-refractivity contribution in [2.45, 2.75) is 26.3 Å². The van der Waals surface area contributed by atoms with Crippen molar-refractivity contribution in [2.75, 3.05) is 25.0 Å². The maximum Gasteiger partial charge on any atom is 0.414 e. The number of nitrogens with zero attached hydrogens (tertiary/aromatic N) is 4. The number of aromatic nitrogens is 3. The van der Waals surface area contributed by atoms with Crippen LogP contribution in [0.1, 0.15) is 18.7 Å². The van der Waals surface area contributed by atoms with Gasteiger partial charge in [-0.3, -0.25) is 14.7 Å². The highest BCUT2D eigenvalue weighted by Gasteiger charge is 2.22. The fraction of sp³-hybridized carbons (Fsp3) is 0.348. The molecule has 0 saturated carbocycles. The van der Waals surface area contributed by atoms with E-state index < -0.39 is 11.9 Å². The van der Waals surface area contributed by atoms with Crippen LogP contribution in [0.3, 0.4) is 0 Å². The Morgan fingerprint density at radius 1 is 1.06 bits per heavy atom. The van der Waals surface area contributed by atoms with Crippen LogP contribution in [0.25, 0.3) is 11.0 Å². The van der Waals surface area contributed by atoms with E-state index in [0.29, 0.717) is 12.5 Å². The third kappa shape index (κ3) is 6.84. The summed E-state index contributed by atoms with van der Waals surface area (Å²) in [5.74, 6) is -1.92. The minimum absolute atomic E-state index is 0.0258. The number of amides is 1. The second-order valence-corrected chi connectivity index (χ2v) is 7.88. The van der Waals surface area contributed by atoms with Gasteiger partial charge in [-0.1, -0.05) is 12.1 Å². The van der Waals surface area contributed by atoms with E-state index in [0.717, 1.165) is 49.5 Å². The van der Waals surface area contributed by atoms with E-state index in [1.54, 1.807) is 12.4 Å². The Bertz CT molecular complexity index is 1090. The van der Waals surface area contributed by atoms with Crippen LogP contribution in [0, 0.1) is 12.8 Å². The topological polar surface area (TPSA) is 138 Å². The van der Waals surface area contributed by atoms with Gasteiger partial charge in [0.1, 0.15) is 5.82 Å². The second-order valence-electron chi connectivity index (χ2n) is 7.88. The van der Waals surface area contributed by atoms with Gasteiger partial charge in [-0.2, -0.15) is 0 Å². The van der Waals surface area contributed by atoms with Crippen LogP contribution in [-0.2, 0) is 20.9 Å². The summed E-state index contributed by atoms with van der Waals surface area (Å²) >= 11 is 0. The normalized spacial score (nSPS) is 14.3. The Morgan fingerprint density at radius 2 is 1.76 bits per heavy atom. The van der Waals surface area contributed by atoms with Crippen LogP contribution in [0.15, 0.2) is 48.8 Å². The summed E-state index contributed by atoms with van der Waals surface area (Å²) in [7, 11) is 0. The number of carboxylic acids is 2. The molecule has 33 heavy (non-hydrogen) atoms. The molecule has 10 nitrogen and oxygen atoms in total. The fourth-order valence-corrected chi connectivity index (χ4v) is 3.85. The average molecular weight is 453 g/mol. The number of carboxylic acid groups (broad SMARTS) is 2. The number of nitrogens with one attached hydrogen (secondary N) is 1. The molecule has 3 N–H and O–H groups in total. The molecular formula is C23H27N5O5. The molecule has 0 spiro atoms. The molecule has 1 fully saturated rings. The van der Waals surface area contributed by atoms with Gasteiger partial charge in [-0.05, 0) is 63.0 Å². The Hall–Kier alpha value is -3.79. The maximum absolute atomic E-state index is 12.2. The molecule has 0 bridgehead atoms. The standard InChI is InChI=1S/C21H25N5O.C2H2O4/c1-16-23-19-6-2-3-7-20(19)26(16)14-17-8-11-25(12-9-17)15-21(27)24-18-5-4-10-22-13-18;3-1(4)2(5)6/h2-7,10,13,17H,8-9,11-12,14-15H2,1H3,(H,24,27);(H,3,4)(H,5,6). The third-order valence-corrected chi connectivity index (χ3v) is 5.49. The number of rotatable bonds is 5. The molecule has 1 aliphatic rings. The molecule has 0 unspecified atom stereocenters. The molecule has 2 aromatic heterocycles. The molecule has 1 amide bonds. The lowest BCUT2D eigenvalue weighted by molar-refractivity contribution is -0.159. The van der Waals surface area contributed by atoms with Gasteiger partial charge in [-0.15, -0.1) is 0 Å². The molecular weight excluding hydrogens is 426 g/mol. The lowest BCUT2D eigenvalue weighted by Gasteiger charge is -2.31. The molecule has 3 aromatic rings. The number of anilines is 1. The highest BCUT2D eigenvalue weighted by molar-refractivity contribution is 6.27. The summed E-state index contributed by atoms with van der Waals surface area (Å²) in [6.45, 7) is 5.43. The number of imidazole rings is 1. The SMILES string of the molecule is Cc1nc2ccccc2n1CC1CCN(CC(=O)Nc2cccnc2)CC1.O=C(O)C(=O)O. The molecule has 0 radical (unpaired) electrons. The van der Waals surface area contributed by atoms with Crippen molar-refractivity contribution < 1.29 is 24.6 Å². The number of hydrogen-bond acceptors (Lipinski definition) is 6.